The molecule has 0 unspecified atom stereocenters. The Morgan fingerprint density at radius 2 is 1.59 bits per heavy atom. The van der Waals surface area contributed by atoms with Crippen LogP contribution < -0.4 is 16.0 Å². The number of carbonyl (C=O) groups is 2. The van der Waals surface area contributed by atoms with Crippen LogP contribution in [0.5, 0.6) is 0 Å². The zero-order valence-electron chi connectivity index (χ0n) is 21.8. The van der Waals surface area contributed by atoms with E-state index in [0.717, 1.165) is 28.9 Å². The van der Waals surface area contributed by atoms with Gasteiger partial charge in [-0.2, -0.15) is 0 Å². The molecule has 0 radical (unpaired) electrons. The number of anilines is 2. The molecule has 0 bridgehead atoms. The normalized spacial score (nSPS) is 13.6. The molecule has 7 heteroatoms. The molecule has 2 amide bonds. The van der Waals surface area contributed by atoms with Crippen LogP contribution in [-0.2, 0) is 17.9 Å². The minimum absolute atomic E-state index is 0.165. The third-order valence-corrected chi connectivity index (χ3v) is 6.40. The summed E-state index contributed by atoms with van der Waals surface area (Å²) in [7, 11) is 4.03. The molecule has 1 aliphatic heterocycles. The number of carbonyl (C=O) groups excluding carboxylic acids is 2. The van der Waals surface area contributed by atoms with Crippen molar-refractivity contribution >= 4 is 34.5 Å². The van der Waals surface area contributed by atoms with Crippen LogP contribution in [0.2, 0.25) is 0 Å². The standard InChI is InChI=1S/C32H29FN4O2/c1-37(2)20-21-11-14-26(15-12-21)35-30(29-27-16-13-25(33)18-28(27)36-32(29)39)24-10-6-7-22(17-24)19-34-31(38)23-8-4-3-5-9-23/h3-18,35H,19-20H2,1-2H3,(H,34,38)(H,36,39). The van der Waals surface area contributed by atoms with Crippen molar-refractivity contribution in [3.63, 3.8) is 0 Å². The molecule has 0 aliphatic carbocycles. The number of hydrogen-bond acceptors (Lipinski definition) is 4. The van der Waals surface area contributed by atoms with E-state index in [1.165, 1.54) is 12.1 Å². The second kappa shape index (κ2) is 11.3. The van der Waals surface area contributed by atoms with Crippen LogP contribution in [0.25, 0.3) is 11.3 Å². The molecule has 0 saturated carbocycles. The first kappa shape index (κ1) is 25.9. The molecule has 0 spiro atoms. The van der Waals surface area contributed by atoms with Crippen LogP contribution in [0.4, 0.5) is 15.8 Å². The fraction of sp³-hybridized carbons (Fsp3) is 0.125. The van der Waals surface area contributed by atoms with E-state index in [1.807, 2.05) is 80.8 Å². The number of nitrogens with zero attached hydrogens (tertiary/aromatic N) is 1. The molecule has 4 aromatic carbocycles. The third kappa shape index (κ3) is 6.05. The van der Waals surface area contributed by atoms with Gasteiger partial charge in [0, 0.05) is 29.9 Å². The highest BCUT2D eigenvalue weighted by molar-refractivity contribution is 6.37. The highest BCUT2D eigenvalue weighted by Crippen LogP contribution is 2.38. The number of benzene rings is 4. The summed E-state index contributed by atoms with van der Waals surface area (Å²) in [6, 6.07) is 29.0. The van der Waals surface area contributed by atoms with Gasteiger partial charge in [0.15, 0.2) is 0 Å². The van der Waals surface area contributed by atoms with Gasteiger partial charge in [-0.3, -0.25) is 9.59 Å². The molecule has 0 saturated heterocycles. The van der Waals surface area contributed by atoms with Gasteiger partial charge in [0.05, 0.1) is 17.0 Å². The van der Waals surface area contributed by atoms with Gasteiger partial charge >= 0.3 is 0 Å². The van der Waals surface area contributed by atoms with E-state index in [0.29, 0.717) is 34.6 Å². The fourth-order valence-corrected chi connectivity index (χ4v) is 4.59. The number of hydrogen-bond donors (Lipinski definition) is 3. The molecule has 0 aromatic heterocycles. The van der Waals surface area contributed by atoms with Crippen molar-refractivity contribution in [3.05, 3.63) is 131 Å². The van der Waals surface area contributed by atoms with Crippen LogP contribution in [0, 0.1) is 5.82 Å². The van der Waals surface area contributed by atoms with Crippen molar-refractivity contribution in [2.24, 2.45) is 0 Å². The number of nitrogens with one attached hydrogen (secondary N) is 3. The summed E-state index contributed by atoms with van der Waals surface area (Å²) in [4.78, 5) is 27.8. The maximum absolute atomic E-state index is 13.9. The molecule has 39 heavy (non-hydrogen) atoms. The van der Waals surface area contributed by atoms with Gasteiger partial charge < -0.3 is 20.9 Å². The first-order valence-electron chi connectivity index (χ1n) is 12.7. The van der Waals surface area contributed by atoms with E-state index in [-0.39, 0.29) is 11.8 Å². The quantitative estimate of drug-likeness (QED) is 0.259. The molecular formula is C32H29FN4O2. The minimum atomic E-state index is -0.419. The second-order valence-electron chi connectivity index (χ2n) is 9.70. The lowest BCUT2D eigenvalue weighted by atomic mass is 9.98. The topological polar surface area (TPSA) is 73.5 Å². The molecule has 6 nitrogen and oxygen atoms in total. The third-order valence-electron chi connectivity index (χ3n) is 6.40. The summed E-state index contributed by atoms with van der Waals surface area (Å²) in [6.45, 7) is 1.13. The SMILES string of the molecule is CN(C)Cc1ccc(NC(=C2C(=O)Nc3cc(F)ccc32)c2cccc(CNC(=O)c3ccccc3)c2)cc1. The lowest BCUT2D eigenvalue weighted by Crippen LogP contribution is -2.22. The summed E-state index contributed by atoms with van der Waals surface area (Å²) in [6.07, 6.45) is 0. The van der Waals surface area contributed by atoms with Crippen LogP contribution in [0.1, 0.15) is 32.6 Å². The number of amides is 2. The maximum atomic E-state index is 13.9. The van der Waals surface area contributed by atoms with Gasteiger partial charge in [0.2, 0.25) is 0 Å². The van der Waals surface area contributed by atoms with Crippen molar-refractivity contribution in [2.45, 2.75) is 13.1 Å². The molecule has 0 atom stereocenters. The van der Waals surface area contributed by atoms with Crippen LogP contribution in [0.3, 0.4) is 0 Å². The van der Waals surface area contributed by atoms with Crippen molar-refractivity contribution < 1.29 is 14.0 Å². The lowest BCUT2D eigenvalue weighted by Gasteiger charge is -2.17. The van der Waals surface area contributed by atoms with E-state index in [4.69, 9.17) is 0 Å². The van der Waals surface area contributed by atoms with Crippen molar-refractivity contribution in [3.8, 4) is 0 Å². The van der Waals surface area contributed by atoms with Gasteiger partial charge in [-0.1, -0.05) is 48.5 Å². The highest BCUT2D eigenvalue weighted by atomic mass is 19.1. The van der Waals surface area contributed by atoms with E-state index in [2.05, 4.69) is 20.9 Å². The van der Waals surface area contributed by atoms with E-state index >= 15 is 0 Å². The first-order chi connectivity index (χ1) is 18.9. The Labute approximate surface area is 227 Å². The Hall–Kier alpha value is -4.75. The predicted octanol–water partition coefficient (Wildman–Crippen LogP) is 5.75. The average Bonchev–Trinajstić information content (AvgIpc) is 3.26. The molecule has 5 rings (SSSR count). The van der Waals surface area contributed by atoms with Gasteiger partial charge in [-0.25, -0.2) is 4.39 Å². The van der Waals surface area contributed by atoms with E-state index in [9.17, 15) is 14.0 Å². The van der Waals surface area contributed by atoms with Gasteiger partial charge in [0.25, 0.3) is 11.8 Å². The summed E-state index contributed by atoms with van der Waals surface area (Å²) in [5.74, 6) is -0.899. The minimum Gasteiger partial charge on any atom is -0.354 e. The Morgan fingerprint density at radius 1 is 0.846 bits per heavy atom. The van der Waals surface area contributed by atoms with Gasteiger partial charge in [-0.15, -0.1) is 0 Å². The highest BCUT2D eigenvalue weighted by Gasteiger charge is 2.29. The van der Waals surface area contributed by atoms with Crippen LogP contribution in [0.15, 0.2) is 97.1 Å². The first-order valence-corrected chi connectivity index (χ1v) is 12.7. The van der Waals surface area contributed by atoms with Crippen LogP contribution >= 0.6 is 0 Å². The van der Waals surface area contributed by atoms with Crippen molar-refractivity contribution in [2.75, 3.05) is 24.7 Å². The Balaban J connectivity index is 1.50. The summed E-state index contributed by atoms with van der Waals surface area (Å²) in [5, 5.41) is 9.19. The number of rotatable bonds is 8. The van der Waals surface area contributed by atoms with Gasteiger partial charge in [0.1, 0.15) is 5.82 Å². The van der Waals surface area contributed by atoms with E-state index in [1.54, 1.807) is 18.2 Å². The molecule has 4 aromatic rings. The maximum Gasteiger partial charge on any atom is 0.258 e. The van der Waals surface area contributed by atoms with Gasteiger partial charge in [-0.05, 0) is 79.3 Å². The van der Waals surface area contributed by atoms with E-state index < -0.39 is 5.82 Å². The smallest absolute Gasteiger partial charge is 0.258 e. The zero-order valence-corrected chi connectivity index (χ0v) is 21.8. The predicted molar refractivity (Wildman–Crippen MR) is 153 cm³/mol. The Kier molecular flexibility index (Phi) is 7.52. The molecule has 1 aliphatic rings. The Bertz CT molecular complexity index is 1550. The zero-order chi connectivity index (χ0) is 27.4. The molecule has 0 fully saturated rings. The summed E-state index contributed by atoms with van der Waals surface area (Å²) >= 11 is 0. The largest absolute Gasteiger partial charge is 0.354 e. The monoisotopic (exact) mass is 520 g/mol. The molecule has 196 valence electrons. The molecular weight excluding hydrogens is 491 g/mol. The number of halogens is 1. The second-order valence-corrected chi connectivity index (χ2v) is 9.70. The van der Waals surface area contributed by atoms with Crippen molar-refractivity contribution in [1.29, 1.82) is 0 Å². The summed E-state index contributed by atoms with van der Waals surface area (Å²) in [5.41, 5.74) is 6.26. The van der Waals surface area contributed by atoms with Crippen molar-refractivity contribution in [1.82, 2.24) is 10.2 Å². The summed E-state index contributed by atoms with van der Waals surface area (Å²) < 4.78 is 13.9. The average molecular weight is 521 g/mol. The fourth-order valence-electron chi connectivity index (χ4n) is 4.59. The Morgan fingerprint density at radius 3 is 2.33 bits per heavy atom. The molecule has 1 heterocycles. The number of fused-ring (bicyclic) bond motifs is 1. The molecule has 3 N–H and O–H groups in total. The van der Waals surface area contributed by atoms with Crippen LogP contribution in [-0.4, -0.2) is 30.8 Å². The lowest BCUT2D eigenvalue weighted by molar-refractivity contribution is -0.110.